The van der Waals surface area contributed by atoms with Gasteiger partial charge in [-0.2, -0.15) is 5.10 Å². The maximum atomic E-state index is 6.17. The second kappa shape index (κ2) is 7.88. The van der Waals surface area contributed by atoms with Crippen LogP contribution in [0.3, 0.4) is 0 Å². The lowest BCUT2D eigenvalue weighted by Gasteiger charge is -2.40. The van der Waals surface area contributed by atoms with E-state index >= 15 is 0 Å². The second-order valence-electron chi connectivity index (χ2n) is 9.44. The van der Waals surface area contributed by atoms with Gasteiger partial charge >= 0.3 is 0 Å². The molecule has 1 saturated heterocycles. The van der Waals surface area contributed by atoms with Crippen molar-refractivity contribution in [1.29, 1.82) is 0 Å². The van der Waals surface area contributed by atoms with Crippen molar-refractivity contribution in [1.82, 2.24) is 25.1 Å². The number of piperazine rings is 1. The van der Waals surface area contributed by atoms with E-state index in [1.54, 1.807) is 12.6 Å². The van der Waals surface area contributed by atoms with Gasteiger partial charge < -0.3 is 14.1 Å². The summed E-state index contributed by atoms with van der Waals surface area (Å²) in [7, 11) is 0. The van der Waals surface area contributed by atoms with Crippen molar-refractivity contribution in [2.45, 2.75) is 44.9 Å². The topological polar surface area (TPSA) is 83.3 Å². The number of nitrogens with zero attached hydrogens (tertiary/aromatic N) is 5. The van der Waals surface area contributed by atoms with Gasteiger partial charge in [0.1, 0.15) is 34.9 Å². The number of aromatic nitrogens is 4. The summed E-state index contributed by atoms with van der Waals surface area (Å²) in [5.41, 5.74) is 2.59. The third-order valence-electron chi connectivity index (χ3n) is 6.78. The molecule has 1 aromatic carbocycles. The largest absolute Gasteiger partial charge is 0.488 e. The summed E-state index contributed by atoms with van der Waals surface area (Å²) < 4.78 is 11.7. The predicted molar refractivity (Wildman–Crippen MR) is 126 cm³/mol. The summed E-state index contributed by atoms with van der Waals surface area (Å²) in [5, 5.41) is 8.71. The van der Waals surface area contributed by atoms with Crippen LogP contribution in [0.25, 0.3) is 22.3 Å². The zero-order valence-corrected chi connectivity index (χ0v) is 19.0. The van der Waals surface area contributed by atoms with Crippen LogP contribution in [0.4, 0.5) is 5.82 Å². The number of fused-ring (bicyclic) bond motifs is 1. The number of hydrogen-bond donors (Lipinski definition) is 1. The summed E-state index contributed by atoms with van der Waals surface area (Å²) in [4.78, 5) is 13.9. The SMILES string of the molecule is C[C@H]1CN(c2cc(-c3n[nH]c4ccc(OC5(C)CC5)cc34)ncn2)CCN1Cc1ccco1. The summed E-state index contributed by atoms with van der Waals surface area (Å²) in [5.74, 6) is 2.81. The first kappa shape index (κ1) is 20.2. The van der Waals surface area contributed by atoms with Crippen molar-refractivity contribution in [3.05, 3.63) is 54.7 Å². The number of anilines is 1. The Kier molecular flexibility index (Phi) is 4.83. The molecule has 0 radical (unpaired) electrons. The molecule has 4 heterocycles. The molecular weight excluding hydrogens is 416 g/mol. The van der Waals surface area contributed by atoms with E-state index in [2.05, 4.69) is 49.9 Å². The molecule has 1 atom stereocenters. The number of benzene rings is 1. The van der Waals surface area contributed by atoms with E-state index in [1.807, 2.05) is 30.3 Å². The van der Waals surface area contributed by atoms with Crippen LogP contribution in [-0.2, 0) is 6.54 Å². The molecule has 3 aromatic heterocycles. The van der Waals surface area contributed by atoms with E-state index in [1.165, 1.54) is 0 Å². The van der Waals surface area contributed by atoms with E-state index < -0.39 is 0 Å². The molecule has 2 fully saturated rings. The fourth-order valence-electron chi connectivity index (χ4n) is 4.50. The Labute approximate surface area is 192 Å². The van der Waals surface area contributed by atoms with Gasteiger partial charge in [-0.25, -0.2) is 9.97 Å². The number of H-pyrrole nitrogens is 1. The number of hydrogen-bond acceptors (Lipinski definition) is 7. The van der Waals surface area contributed by atoms with E-state index in [0.29, 0.717) is 6.04 Å². The van der Waals surface area contributed by atoms with Crippen molar-refractivity contribution in [2.75, 3.05) is 24.5 Å². The maximum absolute atomic E-state index is 6.17. The van der Waals surface area contributed by atoms with Gasteiger partial charge in [0, 0.05) is 37.1 Å². The van der Waals surface area contributed by atoms with Crippen molar-refractivity contribution in [2.24, 2.45) is 0 Å². The van der Waals surface area contributed by atoms with Gasteiger partial charge in [0.2, 0.25) is 0 Å². The second-order valence-corrected chi connectivity index (χ2v) is 9.44. The van der Waals surface area contributed by atoms with Crippen LogP contribution in [0.5, 0.6) is 5.75 Å². The van der Waals surface area contributed by atoms with E-state index in [4.69, 9.17) is 9.15 Å². The molecule has 8 heteroatoms. The van der Waals surface area contributed by atoms with Gasteiger partial charge in [0.05, 0.1) is 24.0 Å². The molecule has 1 aliphatic heterocycles. The Morgan fingerprint density at radius 1 is 1.18 bits per heavy atom. The Bertz CT molecular complexity index is 1260. The molecule has 0 amide bonds. The van der Waals surface area contributed by atoms with Gasteiger partial charge in [-0.3, -0.25) is 10.00 Å². The van der Waals surface area contributed by atoms with Crippen LogP contribution in [-0.4, -0.2) is 56.3 Å². The third kappa shape index (κ3) is 4.06. The summed E-state index contributed by atoms with van der Waals surface area (Å²) >= 11 is 0. The Morgan fingerprint density at radius 2 is 2.09 bits per heavy atom. The maximum Gasteiger partial charge on any atom is 0.132 e. The molecule has 170 valence electrons. The average Bonchev–Trinajstić information content (AvgIpc) is 3.18. The molecular formula is C25H28N6O2. The number of aromatic amines is 1. The van der Waals surface area contributed by atoms with Crippen LogP contribution in [0.15, 0.2) is 53.4 Å². The highest BCUT2D eigenvalue weighted by atomic mass is 16.5. The molecule has 33 heavy (non-hydrogen) atoms. The standard InChI is InChI=1S/C25H28N6O2/c1-17-14-31(10-9-30(17)15-19-4-3-11-32-19)23-13-22(26-16-27-23)24-20-12-18(33-25(2)7-8-25)5-6-21(20)28-29-24/h3-6,11-13,16-17H,7-10,14-15H2,1-2H3,(H,28,29)/t17-/m0/s1. The van der Waals surface area contributed by atoms with Crippen LogP contribution < -0.4 is 9.64 Å². The van der Waals surface area contributed by atoms with E-state index in [9.17, 15) is 0 Å². The minimum absolute atomic E-state index is 0.0184. The normalized spacial score (nSPS) is 20.3. The summed E-state index contributed by atoms with van der Waals surface area (Å²) in [6.07, 6.45) is 5.58. The Balaban J connectivity index is 1.22. The highest BCUT2D eigenvalue weighted by molar-refractivity contribution is 5.93. The molecule has 4 aromatic rings. The first-order chi connectivity index (χ1) is 16.1. The van der Waals surface area contributed by atoms with Crippen LogP contribution in [0.1, 0.15) is 32.4 Å². The zero-order chi connectivity index (χ0) is 22.4. The van der Waals surface area contributed by atoms with Crippen molar-refractivity contribution in [3.8, 4) is 17.1 Å². The lowest BCUT2D eigenvalue weighted by atomic mass is 10.1. The first-order valence-electron chi connectivity index (χ1n) is 11.6. The number of furan rings is 1. The number of nitrogens with one attached hydrogen (secondary N) is 1. The highest BCUT2D eigenvalue weighted by Crippen LogP contribution is 2.40. The van der Waals surface area contributed by atoms with Gasteiger partial charge in [-0.05, 0) is 57.0 Å². The quantitative estimate of drug-likeness (QED) is 0.476. The minimum atomic E-state index is -0.0184. The lowest BCUT2D eigenvalue weighted by Crippen LogP contribution is -2.51. The van der Waals surface area contributed by atoms with Crippen molar-refractivity contribution >= 4 is 16.7 Å². The fraction of sp³-hybridized carbons (Fsp3) is 0.400. The van der Waals surface area contributed by atoms with Crippen LogP contribution in [0.2, 0.25) is 0 Å². The fourth-order valence-corrected chi connectivity index (χ4v) is 4.50. The molecule has 1 aliphatic carbocycles. The molecule has 1 saturated carbocycles. The average molecular weight is 445 g/mol. The molecule has 1 N–H and O–H groups in total. The lowest BCUT2D eigenvalue weighted by molar-refractivity contribution is 0.167. The molecule has 8 nitrogen and oxygen atoms in total. The molecule has 6 rings (SSSR count). The first-order valence-corrected chi connectivity index (χ1v) is 11.6. The van der Waals surface area contributed by atoms with E-state index in [-0.39, 0.29) is 5.60 Å². The highest BCUT2D eigenvalue weighted by Gasteiger charge is 2.40. The Hall–Kier alpha value is -3.39. The molecule has 0 spiro atoms. The summed E-state index contributed by atoms with van der Waals surface area (Å²) in [6.45, 7) is 7.99. The summed E-state index contributed by atoms with van der Waals surface area (Å²) in [6, 6.07) is 12.5. The number of ether oxygens (including phenoxy) is 1. The zero-order valence-electron chi connectivity index (χ0n) is 19.0. The minimum Gasteiger partial charge on any atom is -0.488 e. The molecule has 0 unspecified atom stereocenters. The monoisotopic (exact) mass is 444 g/mol. The van der Waals surface area contributed by atoms with Crippen molar-refractivity contribution < 1.29 is 9.15 Å². The van der Waals surface area contributed by atoms with E-state index in [0.717, 1.165) is 78.6 Å². The third-order valence-corrected chi connectivity index (χ3v) is 6.78. The number of rotatable bonds is 6. The van der Waals surface area contributed by atoms with Gasteiger partial charge in [0.15, 0.2) is 0 Å². The van der Waals surface area contributed by atoms with Gasteiger partial charge in [-0.15, -0.1) is 0 Å². The smallest absolute Gasteiger partial charge is 0.132 e. The Morgan fingerprint density at radius 3 is 2.88 bits per heavy atom. The van der Waals surface area contributed by atoms with Gasteiger partial charge in [-0.1, -0.05) is 0 Å². The predicted octanol–water partition coefficient (Wildman–Crippen LogP) is 4.25. The van der Waals surface area contributed by atoms with Crippen LogP contribution in [0, 0.1) is 0 Å². The van der Waals surface area contributed by atoms with Gasteiger partial charge in [0.25, 0.3) is 0 Å². The van der Waals surface area contributed by atoms with Crippen LogP contribution >= 0.6 is 0 Å². The molecule has 0 bridgehead atoms. The molecule has 2 aliphatic rings. The van der Waals surface area contributed by atoms with Crippen molar-refractivity contribution in [3.63, 3.8) is 0 Å².